The molecular weight excluding hydrogens is 350 g/mol. The zero-order valence-electron chi connectivity index (χ0n) is 16.5. The van der Waals surface area contributed by atoms with Crippen LogP contribution < -0.4 is 4.90 Å². The highest BCUT2D eigenvalue weighted by molar-refractivity contribution is 6.00. The van der Waals surface area contributed by atoms with Crippen LogP contribution in [-0.4, -0.2) is 54.8 Å². The smallest absolute Gasteiger partial charge is 0.256 e. The van der Waals surface area contributed by atoms with E-state index in [1.165, 1.54) is 0 Å². The van der Waals surface area contributed by atoms with Crippen molar-refractivity contribution in [3.8, 4) is 0 Å². The van der Waals surface area contributed by atoms with Gasteiger partial charge in [-0.2, -0.15) is 0 Å². The summed E-state index contributed by atoms with van der Waals surface area (Å²) in [4.78, 5) is 32.3. The summed E-state index contributed by atoms with van der Waals surface area (Å²) in [6.07, 6.45) is 1.83. The third-order valence-electron chi connectivity index (χ3n) is 5.89. The number of benzene rings is 2. The number of anilines is 1. The van der Waals surface area contributed by atoms with Gasteiger partial charge in [0.1, 0.15) is 0 Å². The van der Waals surface area contributed by atoms with Gasteiger partial charge in [0, 0.05) is 45.5 Å². The molecule has 5 heteroatoms. The monoisotopic (exact) mass is 377 g/mol. The average Bonchev–Trinajstić information content (AvgIpc) is 3.01. The zero-order valence-corrected chi connectivity index (χ0v) is 16.5. The van der Waals surface area contributed by atoms with Crippen LogP contribution >= 0.6 is 0 Å². The summed E-state index contributed by atoms with van der Waals surface area (Å²) in [7, 11) is 3.90. The van der Waals surface area contributed by atoms with E-state index in [0.29, 0.717) is 25.2 Å². The standard InChI is InChI=1S/C23H27N3O2/c1-24(2)21-11-7-6-10-20(21)23(28)25-15-18-12-13-19(16-25)26(22(18)27)14-17-8-4-3-5-9-17/h3-11,18-19H,12-16H2,1-2H3/t18-,19+/m0/s1. The molecule has 0 aliphatic carbocycles. The van der Waals surface area contributed by atoms with Gasteiger partial charge in [-0.25, -0.2) is 0 Å². The Hall–Kier alpha value is -2.82. The molecule has 3 saturated heterocycles. The Labute approximate surface area is 166 Å². The molecule has 0 saturated carbocycles. The number of carbonyl (C=O) groups excluding carboxylic acids is 2. The van der Waals surface area contributed by atoms with Gasteiger partial charge in [-0.1, -0.05) is 42.5 Å². The fraction of sp³-hybridized carbons (Fsp3) is 0.391. The van der Waals surface area contributed by atoms with Gasteiger partial charge in [-0.05, 0) is 30.5 Å². The Morgan fingerprint density at radius 1 is 1.00 bits per heavy atom. The van der Waals surface area contributed by atoms with Crippen molar-refractivity contribution in [1.29, 1.82) is 0 Å². The predicted octanol–water partition coefficient (Wildman–Crippen LogP) is 3.02. The van der Waals surface area contributed by atoms with Crippen LogP contribution in [-0.2, 0) is 11.3 Å². The lowest BCUT2D eigenvalue weighted by molar-refractivity contribution is -0.140. The fourth-order valence-corrected chi connectivity index (χ4v) is 4.41. The van der Waals surface area contributed by atoms with Crippen molar-refractivity contribution in [2.45, 2.75) is 25.4 Å². The van der Waals surface area contributed by atoms with Crippen LogP contribution in [0.15, 0.2) is 54.6 Å². The average molecular weight is 377 g/mol. The second kappa shape index (κ2) is 7.66. The van der Waals surface area contributed by atoms with E-state index in [1.807, 2.05) is 71.3 Å². The van der Waals surface area contributed by atoms with Crippen molar-refractivity contribution >= 4 is 17.5 Å². The van der Waals surface area contributed by atoms with Gasteiger partial charge in [-0.15, -0.1) is 0 Å². The van der Waals surface area contributed by atoms with Gasteiger partial charge in [-0.3, -0.25) is 9.59 Å². The van der Waals surface area contributed by atoms with Gasteiger partial charge in [0.05, 0.1) is 11.5 Å². The second-order valence-electron chi connectivity index (χ2n) is 8.00. The van der Waals surface area contributed by atoms with Crippen molar-refractivity contribution in [3.63, 3.8) is 0 Å². The summed E-state index contributed by atoms with van der Waals surface area (Å²) in [5.74, 6) is 0.116. The predicted molar refractivity (Wildman–Crippen MR) is 110 cm³/mol. The van der Waals surface area contributed by atoms with Crippen LogP contribution in [0.3, 0.4) is 0 Å². The van der Waals surface area contributed by atoms with Crippen molar-refractivity contribution in [1.82, 2.24) is 9.80 Å². The molecule has 0 aromatic heterocycles. The molecular formula is C23H27N3O2. The van der Waals surface area contributed by atoms with Crippen LogP contribution in [0.25, 0.3) is 0 Å². The van der Waals surface area contributed by atoms with Gasteiger partial charge >= 0.3 is 0 Å². The molecule has 3 aliphatic rings. The van der Waals surface area contributed by atoms with E-state index in [-0.39, 0.29) is 23.8 Å². The number of rotatable bonds is 4. The van der Waals surface area contributed by atoms with E-state index < -0.39 is 0 Å². The summed E-state index contributed by atoms with van der Waals surface area (Å²) in [5, 5.41) is 0. The molecule has 2 atom stereocenters. The molecule has 0 unspecified atom stereocenters. The SMILES string of the molecule is CN(C)c1ccccc1C(=O)N1C[C@@H]2CC[C@H](C1)N(Cc1ccccc1)C2=O. The largest absolute Gasteiger partial charge is 0.377 e. The highest BCUT2D eigenvalue weighted by Gasteiger charge is 2.42. The van der Waals surface area contributed by atoms with Crippen LogP contribution in [0.5, 0.6) is 0 Å². The van der Waals surface area contributed by atoms with Crippen LogP contribution in [0.2, 0.25) is 0 Å². The highest BCUT2D eigenvalue weighted by atomic mass is 16.2. The van der Waals surface area contributed by atoms with Gasteiger partial charge in [0.2, 0.25) is 5.91 Å². The fourth-order valence-electron chi connectivity index (χ4n) is 4.41. The number of hydrogen-bond acceptors (Lipinski definition) is 3. The van der Waals surface area contributed by atoms with E-state index in [0.717, 1.165) is 24.1 Å². The molecule has 2 aromatic rings. The van der Waals surface area contributed by atoms with Gasteiger partial charge in [0.25, 0.3) is 5.91 Å². The summed E-state index contributed by atoms with van der Waals surface area (Å²) >= 11 is 0. The number of nitrogens with zero attached hydrogens (tertiary/aromatic N) is 3. The molecule has 0 radical (unpaired) electrons. The number of hydrogen-bond donors (Lipinski definition) is 0. The third kappa shape index (κ3) is 3.49. The maximum absolute atomic E-state index is 13.3. The highest BCUT2D eigenvalue weighted by Crippen LogP contribution is 2.32. The maximum atomic E-state index is 13.3. The Bertz CT molecular complexity index is 865. The minimum atomic E-state index is -0.0991. The summed E-state index contributed by atoms with van der Waals surface area (Å²) < 4.78 is 0. The van der Waals surface area contributed by atoms with E-state index in [1.54, 1.807) is 0 Å². The first-order valence-electron chi connectivity index (χ1n) is 9.94. The number of fused-ring (bicyclic) bond motifs is 4. The molecule has 3 fully saturated rings. The molecule has 5 rings (SSSR count). The first-order chi connectivity index (χ1) is 13.5. The van der Waals surface area contributed by atoms with Crippen LogP contribution in [0.4, 0.5) is 5.69 Å². The molecule has 28 heavy (non-hydrogen) atoms. The minimum absolute atomic E-state index is 0.0237. The van der Waals surface area contributed by atoms with E-state index in [2.05, 4.69) is 12.1 Å². The Balaban J connectivity index is 1.58. The van der Waals surface area contributed by atoms with Crippen LogP contribution in [0, 0.1) is 5.92 Å². The molecule has 3 heterocycles. The molecule has 0 N–H and O–H groups in total. The Kier molecular flexibility index (Phi) is 5.07. The topological polar surface area (TPSA) is 43.9 Å². The lowest BCUT2D eigenvalue weighted by Crippen LogP contribution is -2.47. The van der Waals surface area contributed by atoms with Crippen molar-refractivity contribution in [2.24, 2.45) is 5.92 Å². The lowest BCUT2D eigenvalue weighted by atomic mass is 9.93. The van der Waals surface area contributed by atoms with Gasteiger partial charge in [0.15, 0.2) is 0 Å². The zero-order chi connectivity index (χ0) is 19.7. The molecule has 3 aliphatic heterocycles. The summed E-state index contributed by atoms with van der Waals surface area (Å²) in [6.45, 7) is 1.74. The van der Waals surface area contributed by atoms with Crippen LogP contribution in [0.1, 0.15) is 28.8 Å². The lowest BCUT2D eigenvalue weighted by Gasteiger charge is -2.36. The Morgan fingerprint density at radius 2 is 1.71 bits per heavy atom. The minimum Gasteiger partial charge on any atom is -0.377 e. The molecule has 146 valence electrons. The van der Waals surface area contributed by atoms with Crippen molar-refractivity contribution < 1.29 is 9.59 Å². The van der Waals surface area contributed by atoms with Gasteiger partial charge < -0.3 is 14.7 Å². The molecule has 5 nitrogen and oxygen atoms in total. The molecule has 0 spiro atoms. The van der Waals surface area contributed by atoms with E-state index in [4.69, 9.17) is 0 Å². The summed E-state index contributed by atoms with van der Waals surface area (Å²) in [5.41, 5.74) is 2.76. The number of para-hydroxylation sites is 1. The number of piperidine rings is 1. The van der Waals surface area contributed by atoms with E-state index in [9.17, 15) is 9.59 Å². The maximum Gasteiger partial charge on any atom is 0.256 e. The van der Waals surface area contributed by atoms with E-state index >= 15 is 0 Å². The third-order valence-corrected chi connectivity index (χ3v) is 5.89. The normalized spacial score (nSPS) is 21.6. The molecule has 2 bridgehead atoms. The summed E-state index contributed by atoms with van der Waals surface area (Å²) in [6, 6.07) is 17.9. The number of carbonyl (C=O) groups is 2. The Morgan fingerprint density at radius 3 is 2.46 bits per heavy atom. The number of amides is 2. The molecule has 2 aromatic carbocycles. The van der Waals surface area contributed by atoms with Crippen molar-refractivity contribution in [2.75, 3.05) is 32.1 Å². The molecule has 2 amide bonds. The first kappa shape index (κ1) is 18.5. The quantitative estimate of drug-likeness (QED) is 0.823. The van der Waals surface area contributed by atoms with Crippen molar-refractivity contribution in [3.05, 3.63) is 65.7 Å². The second-order valence-corrected chi connectivity index (χ2v) is 8.00. The first-order valence-corrected chi connectivity index (χ1v) is 9.94.